The van der Waals surface area contributed by atoms with Crippen molar-refractivity contribution in [1.29, 1.82) is 0 Å². The molecule has 0 saturated carbocycles. The Labute approximate surface area is 165 Å². The van der Waals surface area contributed by atoms with E-state index < -0.39 is 0 Å². The van der Waals surface area contributed by atoms with Crippen molar-refractivity contribution in [2.24, 2.45) is 5.92 Å². The molecule has 26 heavy (non-hydrogen) atoms. The third-order valence-corrected chi connectivity index (χ3v) is 4.78. The van der Waals surface area contributed by atoms with Crippen molar-refractivity contribution in [2.45, 2.75) is 39.2 Å². The predicted octanol–water partition coefficient (Wildman–Crippen LogP) is 5.84. The molecule has 0 aliphatic rings. The van der Waals surface area contributed by atoms with E-state index in [0.29, 0.717) is 28.8 Å². The number of rotatable bonds is 8. The first-order valence-electron chi connectivity index (χ1n) is 8.76. The van der Waals surface area contributed by atoms with Gasteiger partial charge < -0.3 is 10.1 Å². The van der Waals surface area contributed by atoms with Gasteiger partial charge in [-0.2, -0.15) is 0 Å². The summed E-state index contributed by atoms with van der Waals surface area (Å²) >= 11 is 12.1. The second-order valence-electron chi connectivity index (χ2n) is 6.76. The summed E-state index contributed by atoms with van der Waals surface area (Å²) in [5.74, 6) is 1.28. The highest BCUT2D eigenvalue weighted by atomic mass is 35.5. The lowest BCUT2D eigenvalue weighted by Crippen LogP contribution is -2.29. The number of halogens is 2. The molecule has 0 fully saturated rings. The largest absolute Gasteiger partial charge is 0.497 e. The van der Waals surface area contributed by atoms with Crippen molar-refractivity contribution < 1.29 is 9.53 Å². The van der Waals surface area contributed by atoms with Crippen LogP contribution >= 0.6 is 23.2 Å². The number of nitrogens with one attached hydrogen (secondary N) is 1. The summed E-state index contributed by atoms with van der Waals surface area (Å²) in [6.07, 6.45) is 1.84. The van der Waals surface area contributed by atoms with Gasteiger partial charge in [0.2, 0.25) is 5.91 Å². The Kier molecular flexibility index (Phi) is 7.80. The Bertz CT molecular complexity index is 729. The van der Waals surface area contributed by atoms with Gasteiger partial charge in [-0.05, 0) is 54.2 Å². The number of methoxy groups -OCH3 is 1. The molecule has 2 aromatic rings. The highest BCUT2D eigenvalue weighted by Gasteiger charge is 2.16. The van der Waals surface area contributed by atoms with Crippen LogP contribution in [-0.4, -0.2) is 13.0 Å². The van der Waals surface area contributed by atoms with E-state index in [1.807, 2.05) is 30.3 Å². The van der Waals surface area contributed by atoms with Gasteiger partial charge in [0.05, 0.1) is 13.2 Å². The lowest BCUT2D eigenvalue weighted by molar-refractivity contribution is -0.121. The second kappa shape index (κ2) is 9.84. The fourth-order valence-electron chi connectivity index (χ4n) is 2.83. The third kappa shape index (κ3) is 6.22. The van der Waals surface area contributed by atoms with Crippen LogP contribution in [0.1, 0.15) is 43.9 Å². The van der Waals surface area contributed by atoms with Crippen molar-refractivity contribution in [3.8, 4) is 5.75 Å². The minimum absolute atomic E-state index is 0.0116. The van der Waals surface area contributed by atoms with Gasteiger partial charge in [-0.3, -0.25) is 4.79 Å². The summed E-state index contributed by atoms with van der Waals surface area (Å²) < 4.78 is 5.21. The number of hydrogen-bond donors (Lipinski definition) is 1. The monoisotopic (exact) mass is 393 g/mol. The van der Waals surface area contributed by atoms with Crippen LogP contribution in [0, 0.1) is 5.92 Å². The first kappa shape index (κ1) is 20.6. The maximum Gasteiger partial charge on any atom is 0.220 e. The summed E-state index contributed by atoms with van der Waals surface area (Å²) in [5.41, 5.74) is 2.01. The van der Waals surface area contributed by atoms with Crippen LogP contribution in [0.2, 0.25) is 10.0 Å². The topological polar surface area (TPSA) is 38.3 Å². The van der Waals surface area contributed by atoms with Gasteiger partial charge in [0.25, 0.3) is 0 Å². The molecule has 0 saturated heterocycles. The first-order valence-corrected chi connectivity index (χ1v) is 9.52. The molecule has 0 spiro atoms. The summed E-state index contributed by atoms with van der Waals surface area (Å²) in [5, 5.41) is 4.35. The van der Waals surface area contributed by atoms with E-state index in [4.69, 9.17) is 27.9 Å². The van der Waals surface area contributed by atoms with Crippen LogP contribution in [0.5, 0.6) is 5.75 Å². The molecule has 2 aromatic carbocycles. The number of carbonyl (C=O) groups excluding carboxylic acids is 1. The van der Waals surface area contributed by atoms with Crippen molar-refractivity contribution in [2.75, 3.05) is 7.11 Å². The summed E-state index contributed by atoms with van der Waals surface area (Å²) in [6, 6.07) is 13.2. The second-order valence-corrected chi connectivity index (χ2v) is 7.60. The highest BCUT2D eigenvalue weighted by Crippen LogP contribution is 2.25. The van der Waals surface area contributed by atoms with Crippen LogP contribution in [0.4, 0.5) is 0 Å². The zero-order chi connectivity index (χ0) is 19.1. The minimum atomic E-state index is -0.0194. The molecule has 5 heteroatoms. The molecule has 2 rings (SSSR count). The standard InChI is InChI=1S/C21H25Cl2NO2/c1-14(2)12-20(16-5-9-18(26-3)10-6-16)24-21(25)11-7-15-4-8-17(22)13-19(15)23/h4-6,8-10,13-14,20H,7,11-12H2,1-3H3,(H,24,25). The molecule has 0 aliphatic heterocycles. The Hall–Kier alpha value is -1.71. The van der Waals surface area contributed by atoms with Gasteiger partial charge in [-0.25, -0.2) is 0 Å². The number of ether oxygens (including phenoxy) is 1. The van der Waals surface area contributed by atoms with Crippen molar-refractivity contribution >= 4 is 29.1 Å². The lowest BCUT2D eigenvalue weighted by atomic mass is 9.96. The molecular formula is C21H25Cl2NO2. The van der Waals surface area contributed by atoms with Crippen LogP contribution < -0.4 is 10.1 Å². The quantitative estimate of drug-likeness (QED) is 0.611. The molecule has 1 N–H and O–H groups in total. The van der Waals surface area contributed by atoms with Gasteiger partial charge in [-0.15, -0.1) is 0 Å². The maximum absolute atomic E-state index is 12.5. The zero-order valence-corrected chi connectivity index (χ0v) is 16.9. The number of carbonyl (C=O) groups is 1. The van der Waals surface area contributed by atoms with Gasteiger partial charge in [0, 0.05) is 16.5 Å². The summed E-state index contributed by atoms with van der Waals surface area (Å²) in [7, 11) is 1.64. The summed E-state index contributed by atoms with van der Waals surface area (Å²) in [4.78, 5) is 12.5. The number of aryl methyl sites for hydroxylation is 1. The molecule has 3 nitrogen and oxygen atoms in total. The maximum atomic E-state index is 12.5. The fourth-order valence-corrected chi connectivity index (χ4v) is 3.33. The van der Waals surface area contributed by atoms with E-state index in [1.165, 1.54) is 0 Å². The SMILES string of the molecule is COc1ccc(C(CC(C)C)NC(=O)CCc2ccc(Cl)cc2Cl)cc1. The normalized spacial score (nSPS) is 12.1. The summed E-state index contributed by atoms with van der Waals surface area (Å²) in [6.45, 7) is 4.30. The zero-order valence-electron chi connectivity index (χ0n) is 15.4. The van der Waals surface area contributed by atoms with Gasteiger partial charge in [0.15, 0.2) is 0 Å². The Balaban J connectivity index is 2.01. The van der Waals surface area contributed by atoms with Gasteiger partial charge >= 0.3 is 0 Å². The third-order valence-electron chi connectivity index (χ3n) is 4.20. The van der Waals surface area contributed by atoms with E-state index in [0.717, 1.165) is 23.3 Å². The van der Waals surface area contributed by atoms with Crippen molar-refractivity contribution in [1.82, 2.24) is 5.32 Å². The van der Waals surface area contributed by atoms with E-state index in [2.05, 4.69) is 19.2 Å². The van der Waals surface area contributed by atoms with E-state index >= 15 is 0 Å². The van der Waals surface area contributed by atoms with Gasteiger partial charge in [-0.1, -0.05) is 55.2 Å². The van der Waals surface area contributed by atoms with Crippen LogP contribution in [0.15, 0.2) is 42.5 Å². The van der Waals surface area contributed by atoms with Crippen molar-refractivity contribution in [3.63, 3.8) is 0 Å². The predicted molar refractivity (Wildman–Crippen MR) is 108 cm³/mol. The smallest absolute Gasteiger partial charge is 0.220 e. The Morgan fingerprint density at radius 1 is 1.12 bits per heavy atom. The lowest BCUT2D eigenvalue weighted by Gasteiger charge is -2.21. The average Bonchev–Trinajstić information content (AvgIpc) is 2.60. The molecule has 0 bridgehead atoms. The Morgan fingerprint density at radius 3 is 2.38 bits per heavy atom. The Morgan fingerprint density at radius 2 is 1.81 bits per heavy atom. The number of amides is 1. The molecule has 140 valence electrons. The van der Waals surface area contributed by atoms with Crippen LogP contribution in [0.25, 0.3) is 0 Å². The van der Waals surface area contributed by atoms with E-state index in [-0.39, 0.29) is 11.9 Å². The molecule has 0 heterocycles. The molecule has 0 radical (unpaired) electrons. The van der Waals surface area contributed by atoms with Crippen LogP contribution in [0.3, 0.4) is 0 Å². The molecule has 1 amide bonds. The number of hydrogen-bond acceptors (Lipinski definition) is 2. The molecule has 1 atom stereocenters. The van der Waals surface area contributed by atoms with E-state index in [1.54, 1.807) is 19.2 Å². The van der Waals surface area contributed by atoms with Gasteiger partial charge in [0.1, 0.15) is 5.75 Å². The molecular weight excluding hydrogens is 369 g/mol. The molecule has 0 aromatic heterocycles. The van der Waals surface area contributed by atoms with Crippen molar-refractivity contribution in [3.05, 3.63) is 63.6 Å². The fraction of sp³-hybridized carbons (Fsp3) is 0.381. The highest BCUT2D eigenvalue weighted by molar-refractivity contribution is 6.35. The van der Waals surface area contributed by atoms with Crippen LogP contribution in [-0.2, 0) is 11.2 Å². The molecule has 1 unspecified atom stereocenters. The minimum Gasteiger partial charge on any atom is -0.497 e. The van der Waals surface area contributed by atoms with E-state index in [9.17, 15) is 4.79 Å². The molecule has 0 aliphatic carbocycles. The first-order chi connectivity index (χ1) is 12.4. The average molecular weight is 394 g/mol. The number of benzene rings is 2.